The molecule has 0 heterocycles. The molecule has 4 aliphatic carbocycles. The van der Waals surface area contributed by atoms with Crippen LogP contribution in [0.2, 0.25) is 0 Å². The molecule has 4 rings (SSSR count). The average Bonchev–Trinajstić information content (AvgIpc) is 2.85. The van der Waals surface area contributed by atoms with Crippen LogP contribution in [0.1, 0.15) is 71.1 Å². The van der Waals surface area contributed by atoms with Gasteiger partial charge in [0.1, 0.15) is 5.78 Å². The molecule has 20 heavy (non-hydrogen) atoms. The molecule has 0 aliphatic heterocycles. The van der Waals surface area contributed by atoms with E-state index in [4.69, 9.17) is 0 Å². The standard InChI is InChI=1S/C19H28O/c1-2-19-12-11-15-14-6-4-3-5-13(14)7-8-16(15)17(19)9-10-18(19)20/h5,14-17H,2-4,6-12H2,1H3/t14-,15+,16+,17-,19-/m0/s1. The molecule has 0 spiro atoms. The molecule has 0 aromatic carbocycles. The van der Waals surface area contributed by atoms with E-state index in [0.29, 0.717) is 5.78 Å². The van der Waals surface area contributed by atoms with Crippen molar-refractivity contribution in [3.05, 3.63) is 11.6 Å². The molecule has 0 saturated heterocycles. The van der Waals surface area contributed by atoms with Crippen LogP contribution >= 0.6 is 0 Å². The maximum Gasteiger partial charge on any atom is 0.139 e. The first-order valence-corrected chi connectivity index (χ1v) is 8.98. The summed E-state index contributed by atoms with van der Waals surface area (Å²) in [7, 11) is 0. The second-order valence-corrected chi connectivity index (χ2v) is 7.80. The molecule has 5 atom stereocenters. The van der Waals surface area contributed by atoms with E-state index < -0.39 is 0 Å². The van der Waals surface area contributed by atoms with Crippen molar-refractivity contribution in [3.63, 3.8) is 0 Å². The molecule has 0 unspecified atom stereocenters. The van der Waals surface area contributed by atoms with Gasteiger partial charge in [-0.05, 0) is 81.5 Å². The topological polar surface area (TPSA) is 17.1 Å². The molecule has 4 aliphatic rings. The van der Waals surface area contributed by atoms with Gasteiger partial charge in [0, 0.05) is 11.8 Å². The Hall–Kier alpha value is -0.590. The second kappa shape index (κ2) is 4.71. The molecule has 0 bridgehead atoms. The molecule has 1 nitrogen and oxygen atoms in total. The maximum atomic E-state index is 12.5. The molecule has 0 aromatic rings. The molecule has 3 saturated carbocycles. The fraction of sp³-hybridized carbons (Fsp3) is 0.842. The van der Waals surface area contributed by atoms with Gasteiger partial charge in [-0.15, -0.1) is 0 Å². The van der Waals surface area contributed by atoms with E-state index in [1.165, 1.54) is 51.4 Å². The molecule has 110 valence electrons. The van der Waals surface area contributed by atoms with Crippen LogP contribution in [0, 0.1) is 29.1 Å². The van der Waals surface area contributed by atoms with Gasteiger partial charge in [-0.25, -0.2) is 0 Å². The Morgan fingerprint density at radius 2 is 2.05 bits per heavy atom. The summed E-state index contributed by atoms with van der Waals surface area (Å²) in [6.45, 7) is 2.27. The van der Waals surface area contributed by atoms with Crippen molar-refractivity contribution in [2.75, 3.05) is 0 Å². The summed E-state index contributed by atoms with van der Waals surface area (Å²) in [5, 5.41) is 0. The summed E-state index contributed by atoms with van der Waals surface area (Å²) in [6.07, 6.45) is 15.2. The van der Waals surface area contributed by atoms with Crippen molar-refractivity contribution in [3.8, 4) is 0 Å². The largest absolute Gasteiger partial charge is 0.299 e. The van der Waals surface area contributed by atoms with Crippen molar-refractivity contribution >= 4 is 5.78 Å². The van der Waals surface area contributed by atoms with Crippen LogP contribution in [-0.2, 0) is 4.79 Å². The maximum absolute atomic E-state index is 12.5. The van der Waals surface area contributed by atoms with Crippen LogP contribution < -0.4 is 0 Å². The van der Waals surface area contributed by atoms with Crippen LogP contribution in [0.25, 0.3) is 0 Å². The van der Waals surface area contributed by atoms with Crippen LogP contribution in [0.3, 0.4) is 0 Å². The van der Waals surface area contributed by atoms with E-state index in [-0.39, 0.29) is 5.41 Å². The summed E-state index contributed by atoms with van der Waals surface area (Å²) in [5.41, 5.74) is 1.91. The zero-order valence-electron chi connectivity index (χ0n) is 12.9. The van der Waals surface area contributed by atoms with Gasteiger partial charge in [-0.1, -0.05) is 18.6 Å². The third-order valence-electron chi connectivity index (χ3n) is 7.45. The molecular formula is C19H28O. The number of carbonyl (C=O) groups is 1. The van der Waals surface area contributed by atoms with Crippen LogP contribution in [0.5, 0.6) is 0 Å². The summed E-state index contributed by atoms with van der Waals surface area (Å²) in [6, 6.07) is 0. The van der Waals surface area contributed by atoms with Gasteiger partial charge in [0.2, 0.25) is 0 Å². The number of fused-ring (bicyclic) bond motifs is 5. The Morgan fingerprint density at radius 1 is 1.15 bits per heavy atom. The summed E-state index contributed by atoms with van der Waals surface area (Å²) in [4.78, 5) is 12.5. The molecule has 0 N–H and O–H groups in total. The molecular weight excluding hydrogens is 244 g/mol. The van der Waals surface area contributed by atoms with E-state index in [9.17, 15) is 4.79 Å². The Bertz CT molecular complexity index is 449. The Morgan fingerprint density at radius 3 is 2.90 bits per heavy atom. The number of rotatable bonds is 1. The lowest BCUT2D eigenvalue weighted by molar-refractivity contribution is -0.132. The Kier molecular flexibility index (Phi) is 3.09. The molecule has 0 radical (unpaired) electrons. The van der Waals surface area contributed by atoms with Gasteiger partial charge >= 0.3 is 0 Å². The zero-order chi connectivity index (χ0) is 13.7. The summed E-state index contributed by atoms with van der Waals surface area (Å²) >= 11 is 0. The predicted octanol–water partition coefficient (Wildman–Crippen LogP) is 4.91. The number of ketones is 1. The average molecular weight is 272 g/mol. The minimum Gasteiger partial charge on any atom is -0.299 e. The van der Waals surface area contributed by atoms with Crippen LogP contribution in [0.4, 0.5) is 0 Å². The fourth-order valence-corrected chi connectivity index (χ4v) is 6.53. The van der Waals surface area contributed by atoms with Crippen molar-refractivity contribution in [1.82, 2.24) is 0 Å². The smallest absolute Gasteiger partial charge is 0.139 e. The van der Waals surface area contributed by atoms with E-state index in [0.717, 1.165) is 36.5 Å². The van der Waals surface area contributed by atoms with Gasteiger partial charge < -0.3 is 0 Å². The first kappa shape index (κ1) is 13.1. The minimum atomic E-state index is 0.108. The highest BCUT2D eigenvalue weighted by molar-refractivity contribution is 5.87. The molecule has 1 heteroatoms. The Balaban J connectivity index is 1.65. The molecule has 0 aromatic heterocycles. The van der Waals surface area contributed by atoms with Crippen molar-refractivity contribution in [2.45, 2.75) is 71.1 Å². The third-order valence-corrected chi connectivity index (χ3v) is 7.45. The lowest BCUT2D eigenvalue weighted by Crippen LogP contribution is -2.47. The minimum absolute atomic E-state index is 0.108. The highest BCUT2D eigenvalue weighted by atomic mass is 16.1. The summed E-state index contributed by atoms with van der Waals surface area (Å²) < 4.78 is 0. The number of carbonyl (C=O) groups excluding carboxylic acids is 1. The van der Waals surface area contributed by atoms with Crippen molar-refractivity contribution in [1.29, 1.82) is 0 Å². The summed E-state index contributed by atoms with van der Waals surface area (Å²) in [5.74, 6) is 4.05. The molecule has 0 amide bonds. The lowest BCUT2D eigenvalue weighted by atomic mass is 9.51. The number of hydrogen-bond acceptors (Lipinski definition) is 1. The van der Waals surface area contributed by atoms with Gasteiger partial charge in [-0.3, -0.25) is 4.79 Å². The van der Waals surface area contributed by atoms with E-state index in [1.54, 1.807) is 5.57 Å². The van der Waals surface area contributed by atoms with E-state index in [1.807, 2.05) is 0 Å². The van der Waals surface area contributed by atoms with Gasteiger partial charge in [-0.2, -0.15) is 0 Å². The van der Waals surface area contributed by atoms with Crippen molar-refractivity contribution < 1.29 is 4.79 Å². The third kappa shape index (κ3) is 1.64. The zero-order valence-corrected chi connectivity index (χ0v) is 12.9. The quantitative estimate of drug-likeness (QED) is 0.620. The van der Waals surface area contributed by atoms with Gasteiger partial charge in [0.15, 0.2) is 0 Å². The number of Topliss-reactive ketones (excluding diaryl/α,β-unsaturated/α-hetero) is 1. The van der Waals surface area contributed by atoms with Gasteiger partial charge in [0.05, 0.1) is 0 Å². The normalized spacial score (nSPS) is 47.2. The van der Waals surface area contributed by atoms with E-state index >= 15 is 0 Å². The van der Waals surface area contributed by atoms with Crippen LogP contribution in [-0.4, -0.2) is 5.78 Å². The lowest BCUT2D eigenvalue weighted by Gasteiger charge is -2.53. The first-order valence-electron chi connectivity index (χ1n) is 8.98. The Labute approximate surface area is 123 Å². The van der Waals surface area contributed by atoms with Crippen molar-refractivity contribution in [2.24, 2.45) is 29.1 Å². The highest BCUT2D eigenvalue weighted by Gasteiger charge is 2.57. The first-order chi connectivity index (χ1) is 9.76. The fourth-order valence-electron chi connectivity index (χ4n) is 6.53. The van der Waals surface area contributed by atoms with Gasteiger partial charge in [0.25, 0.3) is 0 Å². The predicted molar refractivity (Wildman–Crippen MR) is 81.3 cm³/mol. The monoisotopic (exact) mass is 272 g/mol. The van der Waals surface area contributed by atoms with Crippen LogP contribution in [0.15, 0.2) is 11.6 Å². The highest BCUT2D eigenvalue weighted by Crippen LogP contribution is 2.61. The number of hydrogen-bond donors (Lipinski definition) is 0. The SMILES string of the molecule is CC[C@]12CC[C@H]3[C@@H](CCC4=CCCC[C@@H]43)[C@@H]1CCC2=O. The molecule has 3 fully saturated rings. The van der Waals surface area contributed by atoms with E-state index in [2.05, 4.69) is 13.0 Å². The second-order valence-electron chi connectivity index (χ2n) is 7.80. The number of allylic oxidation sites excluding steroid dienone is 2.